The molecule has 166 valence electrons. The van der Waals surface area contributed by atoms with Gasteiger partial charge in [-0.05, 0) is 69.3 Å². The van der Waals surface area contributed by atoms with Crippen LogP contribution in [-0.2, 0) is 17.6 Å². The van der Waals surface area contributed by atoms with Gasteiger partial charge in [-0.15, -0.1) is 11.3 Å². The molecule has 2 amide bonds. The Hall–Kier alpha value is -2.38. The molecule has 0 atom stereocenters. The summed E-state index contributed by atoms with van der Waals surface area (Å²) < 4.78 is 5.39. The second-order valence-corrected chi connectivity index (χ2v) is 9.41. The maximum absolute atomic E-state index is 13.4. The number of hydrogen-bond donors (Lipinski definition) is 2. The first-order chi connectivity index (χ1) is 15.2. The second-order valence-electron chi connectivity index (χ2n) is 8.31. The largest absolute Gasteiger partial charge is 0.495 e. The van der Waals surface area contributed by atoms with E-state index in [9.17, 15) is 9.59 Å². The molecule has 0 unspecified atom stereocenters. The van der Waals surface area contributed by atoms with E-state index in [-0.39, 0.29) is 11.8 Å². The number of amides is 2. The number of nitrogens with one attached hydrogen (secondary N) is 2. The molecule has 1 fully saturated rings. The molecule has 0 radical (unpaired) electrons. The molecule has 1 aliphatic heterocycles. The van der Waals surface area contributed by atoms with Crippen LogP contribution in [0, 0.1) is 0 Å². The Morgan fingerprint density at radius 1 is 1.00 bits per heavy atom. The van der Waals surface area contributed by atoms with E-state index >= 15 is 0 Å². The van der Waals surface area contributed by atoms with Gasteiger partial charge in [-0.1, -0.05) is 25.0 Å². The van der Waals surface area contributed by atoms with Crippen molar-refractivity contribution in [1.29, 1.82) is 0 Å². The summed E-state index contributed by atoms with van der Waals surface area (Å²) in [6.07, 6.45) is 8.75. The van der Waals surface area contributed by atoms with Crippen molar-refractivity contribution in [3.05, 3.63) is 40.3 Å². The van der Waals surface area contributed by atoms with Crippen LogP contribution < -0.4 is 15.4 Å². The standard InChI is InChI=1S/C24H31N3O3S/c1-30-19-12-7-6-11-18(19)25-23(29)22-17-10-4-2-5-13-20(17)31-24(22)26-21(28)16-27-14-8-3-9-15-27/h6-7,11-12H,2-5,8-10,13-16H2,1H3,(H,25,29)(H,26,28). The second kappa shape index (κ2) is 10.3. The molecule has 0 spiro atoms. The first-order valence-corrected chi connectivity index (χ1v) is 12.1. The molecular weight excluding hydrogens is 410 g/mol. The number of benzene rings is 1. The summed E-state index contributed by atoms with van der Waals surface area (Å²) in [7, 11) is 1.59. The van der Waals surface area contributed by atoms with E-state index in [2.05, 4.69) is 15.5 Å². The molecule has 1 aromatic heterocycles. The molecule has 2 N–H and O–H groups in total. The number of para-hydroxylation sites is 2. The average molecular weight is 442 g/mol. The van der Waals surface area contributed by atoms with Crippen LogP contribution in [0.4, 0.5) is 10.7 Å². The molecule has 31 heavy (non-hydrogen) atoms. The fourth-order valence-corrected chi connectivity index (χ4v) is 5.79. The number of anilines is 2. The smallest absolute Gasteiger partial charge is 0.259 e. The van der Waals surface area contributed by atoms with Crippen molar-refractivity contribution in [3.8, 4) is 5.75 Å². The lowest BCUT2D eigenvalue weighted by Gasteiger charge is -2.25. The molecule has 7 heteroatoms. The molecule has 4 rings (SSSR count). The van der Waals surface area contributed by atoms with Gasteiger partial charge in [-0.3, -0.25) is 14.5 Å². The molecule has 2 heterocycles. The highest BCUT2D eigenvalue weighted by Gasteiger charge is 2.27. The Morgan fingerprint density at radius 2 is 1.74 bits per heavy atom. The fourth-order valence-electron chi connectivity index (χ4n) is 4.49. The molecular formula is C24H31N3O3S. The molecule has 0 saturated carbocycles. The Bertz CT molecular complexity index is 934. The Labute approximate surface area is 188 Å². The van der Waals surface area contributed by atoms with E-state index in [1.54, 1.807) is 18.4 Å². The van der Waals surface area contributed by atoms with Crippen molar-refractivity contribution < 1.29 is 14.3 Å². The summed E-state index contributed by atoms with van der Waals surface area (Å²) in [5, 5.41) is 6.77. The lowest BCUT2D eigenvalue weighted by atomic mass is 10.0. The lowest BCUT2D eigenvalue weighted by Crippen LogP contribution is -2.37. The summed E-state index contributed by atoms with van der Waals surface area (Å²) in [5.74, 6) is 0.398. The number of ether oxygens (including phenoxy) is 1. The number of rotatable bonds is 6. The normalized spacial score (nSPS) is 16.8. The number of carbonyl (C=O) groups excluding carboxylic acids is 2. The highest BCUT2D eigenvalue weighted by molar-refractivity contribution is 7.17. The lowest BCUT2D eigenvalue weighted by molar-refractivity contribution is -0.117. The van der Waals surface area contributed by atoms with E-state index in [0.717, 1.165) is 57.2 Å². The van der Waals surface area contributed by atoms with E-state index in [1.165, 1.54) is 17.7 Å². The van der Waals surface area contributed by atoms with E-state index < -0.39 is 0 Å². The minimum Gasteiger partial charge on any atom is -0.495 e. The van der Waals surface area contributed by atoms with Crippen LogP contribution in [-0.4, -0.2) is 43.5 Å². The predicted octanol–water partition coefficient (Wildman–Crippen LogP) is 4.70. The van der Waals surface area contributed by atoms with Gasteiger partial charge in [-0.25, -0.2) is 0 Å². The first-order valence-electron chi connectivity index (χ1n) is 11.3. The van der Waals surface area contributed by atoms with Crippen molar-refractivity contribution in [3.63, 3.8) is 0 Å². The number of hydrogen-bond acceptors (Lipinski definition) is 5. The van der Waals surface area contributed by atoms with Crippen LogP contribution in [0.25, 0.3) is 0 Å². The van der Waals surface area contributed by atoms with E-state index in [1.807, 2.05) is 24.3 Å². The number of nitrogens with zero attached hydrogens (tertiary/aromatic N) is 1. The topological polar surface area (TPSA) is 70.7 Å². The molecule has 0 bridgehead atoms. The van der Waals surface area contributed by atoms with Crippen molar-refractivity contribution >= 4 is 33.8 Å². The van der Waals surface area contributed by atoms with Gasteiger partial charge in [0.25, 0.3) is 5.91 Å². The summed E-state index contributed by atoms with van der Waals surface area (Å²) in [4.78, 5) is 29.6. The monoisotopic (exact) mass is 441 g/mol. The van der Waals surface area contributed by atoms with Gasteiger partial charge in [0, 0.05) is 4.88 Å². The predicted molar refractivity (Wildman–Crippen MR) is 125 cm³/mol. The zero-order chi connectivity index (χ0) is 21.6. The maximum Gasteiger partial charge on any atom is 0.259 e. The number of thiophene rings is 1. The molecule has 1 saturated heterocycles. The number of carbonyl (C=O) groups is 2. The number of methoxy groups -OCH3 is 1. The van der Waals surface area contributed by atoms with Crippen LogP contribution in [0.15, 0.2) is 24.3 Å². The number of piperidine rings is 1. The van der Waals surface area contributed by atoms with Crippen molar-refractivity contribution in [2.75, 3.05) is 37.4 Å². The van der Waals surface area contributed by atoms with Gasteiger partial charge >= 0.3 is 0 Å². The number of aryl methyl sites for hydroxylation is 1. The molecule has 1 aromatic carbocycles. The summed E-state index contributed by atoms with van der Waals surface area (Å²) >= 11 is 1.57. The van der Waals surface area contributed by atoms with Crippen LogP contribution in [0.5, 0.6) is 5.75 Å². The van der Waals surface area contributed by atoms with Gasteiger partial charge in [0.05, 0.1) is 24.9 Å². The summed E-state index contributed by atoms with van der Waals surface area (Å²) in [5.41, 5.74) is 2.36. The van der Waals surface area contributed by atoms with Gasteiger partial charge in [0.15, 0.2) is 0 Å². The highest BCUT2D eigenvalue weighted by atomic mass is 32.1. The van der Waals surface area contributed by atoms with E-state index in [0.29, 0.717) is 28.5 Å². The Morgan fingerprint density at radius 3 is 2.55 bits per heavy atom. The number of likely N-dealkylation sites (tertiary alicyclic amines) is 1. The number of fused-ring (bicyclic) bond motifs is 1. The van der Waals surface area contributed by atoms with Gasteiger partial charge < -0.3 is 15.4 Å². The third kappa shape index (κ3) is 5.28. The van der Waals surface area contributed by atoms with E-state index in [4.69, 9.17) is 4.74 Å². The van der Waals surface area contributed by atoms with Crippen LogP contribution in [0.1, 0.15) is 59.3 Å². The molecule has 2 aliphatic rings. The average Bonchev–Trinajstić information content (AvgIpc) is 2.95. The van der Waals surface area contributed by atoms with Gasteiger partial charge in [-0.2, -0.15) is 0 Å². The van der Waals surface area contributed by atoms with Crippen LogP contribution >= 0.6 is 11.3 Å². The molecule has 1 aliphatic carbocycles. The minimum atomic E-state index is -0.183. The summed E-state index contributed by atoms with van der Waals surface area (Å²) in [6.45, 7) is 2.32. The first kappa shape index (κ1) is 21.8. The zero-order valence-electron chi connectivity index (χ0n) is 18.2. The SMILES string of the molecule is COc1ccccc1NC(=O)c1c(NC(=O)CN2CCCCC2)sc2c1CCCCC2. The van der Waals surface area contributed by atoms with Crippen molar-refractivity contribution in [2.45, 2.75) is 51.4 Å². The third-order valence-corrected chi connectivity index (χ3v) is 7.28. The zero-order valence-corrected chi connectivity index (χ0v) is 19.0. The molecule has 6 nitrogen and oxygen atoms in total. The molecule has 2 aromatic rings. The highest BCUT2D eigenvalue weighted by Crippen LogP contribution is 2.38. The summed E-state index contributed by atoms with van der Waals surface area (Å²) in [6, 6.07) is 7.40. The van der Waals surface area contributed by atoms with Crippen LogP contribution in [0.2, 0.25) is 0 Å². The van der Waals surface area contributed by atoms with Crippen LogP contribution in [0.3, 0.4) is 0 Å². The van der Waals surface area contributed by atoms with Crippen molar-refractivity contribution in [1.82, 2.24) is 4.90 Å². The third-order valence-electron chi connectivity index (χ3n) is 6.07. The quantitative estimate of drug-likeness (QED) is 0.638. The minimum absolute atomic E-state index is 0.0374. The van der Waals surface area contributed by atoms with Gasteiger partial charge in [0.1, 0.15) is 10.8 Å². The Kier molecular flexibility index (Phi) is 7.25. The Balaban J connectivity index is 1.58. The maximum atomic E-state index is 13.4. The fraction of sp³-hybridized carbons (Fsp3) is 0.500. The van der Waals surface area contributed by atoms with Crippen molar-refractivity contribution in [2.24, 2.45) is 0 Å². The van der Waals surface area contributed by atoms with Gasteiger partial charge in [0.2, 0.25) is 5.91 Å².